The quantitative estimate of drug-likeness (QED) is 0.190. The SMILES string of the molecule is CCOC(=O)C(=O)NNNNC(=O)C1CC1. The fourth-order valence-corrected chi connectivity index (χ4v) is 0.876. The van der Waals surface area contributed by atoms with Crippen molar-refractivity contribution in [2.24, 2.45) is 5.92 Å². The van der Waals surface area contributed by atoms with Gasteiger partial charge < -0.3 is 4.74 Å². The van der Waals surface area contributed by atoms with Crippen LogP contribution in [-0.2, 0) is 19.1 Å². The molecule has 0 bridgehead atoms. The van der Waals surface area contributed by atoms with E-state index in [2.05, 4.69) is 21.2 Å². The molecule has 1 fully saturated rings. The second-order valence-electron chi connectivity index (χ2n) is 3.19. The van der Waals surface area contributed by atoms with Gasteiger partial charge in [0.25, 0.3) is 0 Å². The second-order valence-corrected chi connectivity index (χ2v) is 3.19. The van der Waals surface area contributed by atoms with Crippen molar-refractivity contribution in [3.63, 3.8) is 0 Å². The van der Waals surface area contributed by atoms with Crippen molar-refractivity contribution in [2.45, 2.75) is 19.8 Å². The van der Waals surface area contributed by atoms with E-state index in [4.69, 9.17) is 0 Å². The Hall–Kier alpha value is -1.67. The first-order valence-corrected chi connectivity index (χ1v) is 4.92. The summed E-state index contributed by atoms with van der Waals surface area (Å²) < 4.78 is 4.42. The average Bonchev–Trinajstić information content (AvgIpc) is 3.07. The van der Waals surface area contributed by atoms with E-state index < -0.39 is 11.9 Å². The molecule has 90 valence electrons. The number of hydrogen-bond donors (Lipinski definition) is 4. The van der Waals surface area contributed by atoms with Crippen LogP contribution in [0, 0.1) is 5.92 Å². The van der Waals surface area contributed by atoms with Crippen LogP contribution in [-0.4, -0.2) is 24.4 Å². The molecule has 0 saturated heterocycles. The van der Waals surface area contributed by atoms with Crippen LogP contribution in [0.15, 0.2) is 0 Å². The first-order chi connectivity index (χ1) is 7.65. The molecule has 0 radical (unpaired) electrons. The molecule has 0 aromatic heterocycles. The minimum atomic E-state index is -0.995. The van der Waals surface area contributed by atoms with Gasteiger partial charge in [-0.15, -0.1) is 0 Å². The van der Waals surface area contributed by atoms with Gasteiger partial charge in [-0.2, -0.15) is 11.1 Å². The topological polar surface area (TPSA) is 109 Å². The lowest BCUT2D eigenvalue weighted by atomic mass is 10.4. The van der Waals surface area contributed by atoms with Crippen molar-refractivity contribution in [3.05, 3.63) is 0 Å². The molecular weight excluding hydrogens is 216 g/mol. The maximum atomic E-state index is 11.1. The van der Waals surface area contributed by atoms with E-state index in [0.29, 0.717) is 0 Å². The van der Waals surface area contributed by atoms with Gasteiger partial charge in [0.15, 0.2) is 0 Å². The van der Waals surface area contributed by atoms with E-state index in [0.717, 1.165) is 12.8 Å². The number of hydrazine groups is 3. The van der Waals surface area contributed by atoms with Crippen LogP contribution in [0.25, 0.3) is 0 Å². The number of carbonyl (C=O) groups excluding carboxylic acids is 3. The van der Waals surface area contributed by atoms with Gasteiger partial charge in [-0.1, -0.05) is 0 Å². The van der Waals surface area contributed by atoms with E-state index in [1.807, 2.05) is 5.43 Å². The zero-order valence-electron chi connectivity index (χ0n) is 8.83. The van der Waals surface area contributed by atoms with Crippen LogP contribution in [0.3, 0.4) is 0 Å². The van der Waals surface area contributed by atoms with Crippen LogP contribution >= 0.6 is 0 Å². The largest absolute Gasteiger partial charge is 0.459 e. The van der Waals surface area contributed by atoms with E-state index in [1.165, 1.54) is 0 Å². The molecule has 0 heterocycles. The van der Waals surface area contributed by atoms with Gasteiger partial charge in [0.1, 0.15) is 0 Å². The molecule has 4 N–H and O–H groups in total. The third-order valence-electron chi connectivity index (χ3n) is 1.83. The molecule has 1 aliphatic rings. The number of carbonyl (C=O) groups is 3. The summed E-state index contributed by atoms with van der Waals surface area (Å²) in [5.74, 6) is -2.05. The summed E-state index contributed by atoms with van der Waals surface area (Å²) >= 11 is 0. The Balaban J connectivity index is 2.03. The van der Waals surface area contributed by atoms with Gasteiger partial charge >= 0.3 is 11.9 Å². The molecule has 1 rings (SSSR count). The zero-order valence-corrected chi connectivity index (χ0v) is 8.83. The normalized spacial score (nSPS) is 14.1. The summed E-state index contributed by atoms with van der Waals surface area (Å²) in [6.07, 6.45) is 1.76. The number of ether oxygens (including phenoxy) is 1. The lowest BCUT2D eigenvalue weighted by Crippen LogP contribution is -2.56. The van der Waals surface area contributed by atoms with Gasteiger partial charge in [-0.05, 0) is 19.8 Å². The molecule has 0 aromatic rings. The van der Waals surface area contributed by atoms with Crippen molar-refractivity contribution in [1.29, 1.82) is 0 Å². The fourth-order valence-electron chi connectivity index (χ4n) is 0.876. The highest BCUT2D eigenvalue weighted by atomic mass is 16.5. The number of hydrogen-bond acceptors (Lipinski definition) is 6. The molecule has 0 spiro atoms. The lowest BCUT2D eigenvalue weighted by molar-refractivity contribution is -0.155. The Kier molecular flexibility index (Phi) is 4.67. The Bertz CT molecular complexity index is 290. The highest BCUT2D eigenvalue weighted by Crippen LogP contribution is 2.28. The van der Waals surface area contributed by atoms with E-state index in [-0.39, 0.29) is 18.4 Å². The van der Waals surface area contributed by atoms with Crippen LogP contribution in [0.4, 0.5) is 0 Å². The summed E-state index contributed by atoms with van der Waals surface area (Å²) in [5, 5.41) is 0. The highest BCUT2D eigenvalue weighted by molar-refractivity contribution is 6.32. The van der Waals surface area contributed by atoms with Crippen molar-refractivity contribution < 1.29 is 19.1 Å². The van der Waals surface area contributed by atoms with Crippen LogP contribution in [0.2, 0.25) is 0 Å². The number of esters is 1. The second kappa shape index (κ2) is 6.03. The first-order valence-electron chi connectivity index (χ1n) is 4.92. The predicted octanol–water partition coefficient (Wildman–Crippen LogP) is -1.88. The number of rotatable bonds is 5. The summed E-state index contributed by atoms with van der Waals surface area (Å²) in [4.78, 5) is 32.8. The van der Waals surface area contributed by atoms with Gasteiger partial charge in [-0.3, -0.25) is 20.4 Å². The highest BCUT2D eigenvalue weighted by Gasteiger charge is 2.29. The van der Waals surface area contributed by atoms with Crippen molar-refractivity contribution >= 4 is 17.8 Å². The van der Waals surface area contributed by atoms with Gasteiger partial charge in [0.2, 0.25) is 5.91 Å². The number of amides is 2. The minimum Gasteiger partial charge on any atom is -0.459 e. The van der Waals surface area contributed by atoms with Crippen LogP contribution < -0.4 is 21.9 Å². The Labute approximate surface area is 92.0 Å². The summed E-state index contributed by atoms with van der Waals surface area (Å²) in [6, 6.07) is 0. The molecule has 2 amide bonds. The molecule has 8 heteroatoms. The standard InChI is InChI=1S/C8H14N4O4/c1-2-16-8(15)7(14)10-12-11-9-6(13)5-3-4-5/h5,11-12H,2-4H2,1H3,(H,9,13)(H,10,14). The molecule has 0 aliphatic heterocycles. The fraction of sp³-hybridized carbons (Fsp3) is 0.625. The predicted molar refractivity (Wildman–Crippen MR) is 51.9 cm³/mol. The molecule has 1 saturated carbocycles. The third-order valence-corrected chi connectivity index (χ3v) is 1.83. The Morgan fingerprint density at radius 3 is 2.38 bits per heavy atom. The van der Waals surface area contributed by atoms with Gasteiger partial charge in [0.05, 0.1) is 6.61 Å². The van der Waals surface area contributed by atoms with Crippen LogP contribution in [0.5, 0.6) is 0 Å². The van der Waals surface area contributed by atoms with E-state index >= 15 is 0 Å². The molecule has 16 heavy (non-hydrogen) atoms. The third kappa shape index (κ3) is 4.24. The zero-order chi connectivity index (χ0) is 12.0. The molecule has 8 nitrogen and oxygen atoms in total. The molecule has 0 atom stereocenters. The van der Waals surface area contributed by atoms with Gasteiger partial charge in [0, 0.05) is 5.92 Å². The lowest BCUT2D eigenvalue weighted by Gasteiger charge is -2.08. The first kappa shape index (κ1) is 12.4. The smallest absolute Gasteiger partial charge is 0.398 e. The molecule has 0 aromatic carbocycles. The Morgan fingerprint density at radius 2 is 1.81 bits per heavy atom. The van der Waals surface area contributed by atoms with Crippen molar-refractivity contribution in [3.8, 4) is 0 Å². The van der Waals surface area contributed by atoms with E-state index in [9.17, 15) is 14.4 Å². The summed E-state index contributed by atoms with van der Waals surface area (Å²) in [6.45, 7) is 1.71. The van der Waals surface area contributed by atoms with Gasteiger partial charge in [-0.25, -0.2) is 4.79 Å². The van der Waals surface area contributed by atoms with Crippen molar-refractivity contribution in [2.75, 3.05) is 6.61 Å². The summed E-state index contributed by atoms with van der Waals surface area (Å²) in [5.41, 5.74) is 8.70. The van der Waals surface area contributed by atoms with Crippen LogP contribution in [0.1, 0.15) is 19.8 Å². The minimum absolute atomic E-state index is 0.0510. The molecular formula is C8H14N4O4. The average molecular weight is 230 g/mol. The maximum absolute atomic E-state index is 11.1. The Morgan fingerprint density at radius 1 is 1.19 bits per heavy atom. The molecule has 1 aliphatic carbocycles. The monoisotopic (exact) mass is 230 g/mol. The maximum Gasteiger partial charge on any atom is 0.398 e. The number of nitrogens with one attached hydrogen (secondary N) is 4. The van der Waals surface area contributed by atoms with E-state index in [1.54, 1.807) is 6.92 Å². The van der Waals surface area contributed by atoms with Crippen molar-refractivity contribution in [1.82, 2.24) is 21.9 Å². The molecule has 0 unspecified atom stereocenters. The summed E-state index contributed by atoms with van der Waals surface area (Å²) in [7, 11) is 0.